The summed E-state index contributed by atoms with van der Waals surface area (Å²) in [6.07, 6.45) is 2.35. The maximum absolute atomic E-state index is 11.4. The fourth-order valence-corrected chi connectivity index (χ4v) is 1.50. The van der Waals surface area contributed by atoms with Gasteiger partial charge >= 0.3 is 0 Å². The van der Waals surface area contributed by atoms with E-state index < -0.39 is 0 Å². The summed E-state index contributed by atoms with van der Waals surface area (Å²) in [6.45, 7) is 6.07. The van der Waals surface area contributed by atoms with Crippen LogP contribution in [0.4, 0.5) is 5.82 Å². The molecule has 0 radical (unpaired) electrons. The van der Waals surface area contributed by atoms with Crippen LogP contribution in [0.25, 0.3) is 0 Å². The zero-order valence-corrected chi connectivity index (χ0v) is 11.5. The molecule has 0 aromatic carbocycles. The van der Waals surface area contributed by atoms with Gasteiger partial charge in [0.2, 0.25) is 5.75 Å². The lowest BCUT2D eigenvalue weighted by atomic mass is 10.3. The summed E-state index contributed by atoms with van der Waals surface area (Å²) in [6, 6.07) is 0.539. The first-order valence-corrected chi connectivity index (χ1v) is 6.12. The number of anilines is 1. The molecule has 18 heavy (non-hydrogen) atoms. The molecule has 1 aromatic rings. The Morgan fingerprint density at radius 2 is 2.28 bits per heavy atom. The summed E-state index contributed by atoms with van der Waals surface area (Å²) in [7, 11) is 3.56. The predicted octanol–water partition coefficient (Wildman–Crippen LogP) is 0.921. The highest BCUT2D eigenvalue weighted by Crippen LogP contribution is 2.13. The van der Waals surface area contributed by atoms with Crippen LogP contribution < -0.4 is 15.6 Å². The van der Waals surface area contributed by atoms with Crippen molar-refractivity contribution in [1.29, 1.82) is 0 Å². The van der Waals surface area contributed by atoms with Gasteiger partial charge in [0, 0.05) is 12.6 Å². The minimum absolute atomic E-state index is 0.231. The van der Waals surface area contributed by atoms with Crippen molar-refractivity contribution in [2.75, 3.05) is 32.6 Å². The number of rotatable bonds is 7. The van der Waals surface area contributed by atoms with Crippen molar-refractivity contribution in [3.05, 3.63) is 16.7 Å². The van der Waals surface area contributed by atoms with Crippen LogP contribution in [0.5, 0.6) is 5.75 Å². The van der Waals surface area contributed by atoms with Crippen molar-refractivity contribution in [2.24, 2.45) is 0 Å². The quantitative estimate of drug-likeness (QED) is 0.708. The summed E-state index contributed by atoms with van der Waals surface area (Å²) >= 11 is 0. The van der Waals surface area contributed by atoms with E-state index in [2.05, 4.69) is 41.1 Å². The fourth-order valence-electron chi connectivity index (χ4n) is 1.50. The number of ether oxygens (including phenoxy) is 1. The highest BCUT2D eigenvalue weighted by Gasteiger charge is 2.08. The summed E-state index contributed by atoms with van der Waals surface area (Å²) in [5, 5.41) is 3.12. The second-order valence-electron chi connectivity index (χ2n) is 4.47. The Bertz CT molecular complexity index is 417. The zero-order valence-electron chi connectivity index (χ0n) is 11.5. The highest BCUT2D eigenvalue weighted by atomic mass is 16.5. The first kappa shape index (κ1) is 14.5. The maximum Gasteiger partial charge on any atom is 0.295 e. The fraction of sp³-hybridized carbons (Fsp3) is 0.667. The molecule has 1 rings (SSSR count). The first-order valence-electron chi connectivity index (χ1n) is 6.12. The number of hydrogen-bond acceptors (Lipinski definition) is 5. The molecule has 0 unspecified atom stereocenters. The van der Waals surface area contributed by atoms with Gasteiger partial charge in [-0.3, -0.25) is 4.79 Å². The number of nitrogens with zero attached hydrogens (tertiary/aromatic N) is 2. The number of nitrogens with one attached hydrogen (secondary N) is 2. The zero-order chi connectivity index (χ0) is 13.5. The normalized spacial score (nSPS) is 11.0. The molecule has 0 amide bonds. The van der Waals surface area contributed by atoms with Crippen LogP contribution in [-0.2, 0) is 0 Å². The van der Waals surface area contributed by atoms with Gasteiger partial charge in [-0.1, -0.05) is 0 Å². The van der Waals surface area contributed by atoms with Gasteiger partial charge in [0.05, 0.1) is 13.4 Å². The van der Waals surface area contributed by atoms with Crippen LogP contribution in [-0.4, -0.2) is 48.2 Å². The molecule has 0 aliphatic carbocycles. The van der Waals surface area contributed by atoms with Gasteiger partial charge in [0.25, 0.3) is 5.56 Å². The summed E-state index contributed by atoms with van der Waals surface area (Å²) < 4.78 is 5.01. The van der Waals surface area contributed by atoms with Crippen molar-refractivity contribution >= 4 is 5.82 Å². The molecule has 0 atom stereocenters. The molecule has 2 N–H and O–H groups in total. The second-order valence-corrected chi connectivity index (χ2v) is 4.47. The number of hydrogen-bond donors (Lipinski definition) is 2. The van der Waals surface area contributed by atoms with Crippen LogP contribution in [0.3, 0.4) is 0 Å². The van der Waals surface area contributed by atoms with Gasteiger partial charge < -0.3 is 19.9 Å². The molecule has 1 heterocycles. The molecule has 0 saturated heterocycles. The largest absolute Gasteiger partial charge is 0.489 e. The lowest BCUT2D eigenvalue weighted by Gasteiger charge is -2.20. The third-order valence-corrected chi connectivity index (χ3v) is 2.88. The van der Waals surface area contributed by atoms with Crippen LogP contribution in [0.1, 0.15) is 20.3 Å². The molecule has 0 bridgehead atoms. The average Bonchev–Trinajstić information content (AvgIpc) is 2.34. The second kappa shape index (κ2) is 7.00. The molecule has 102 valence electrons. The average molecular weight is 254 g/mol. The highest BCUT2D eigenvalue weighted by molar-refractivity contribution is 5.47. The third kappa shape index (κ3) is 4.03. The van der Waals surface area contributed by atoms with Crippen LogP contribution in [0.2, 0.25) is 0 Å². The van der Waals surface area contributed by atoms with Crippen molar-refractivity contribution in [2.45, 2.75) is 26.3 Å². The SMILES string of the molecule is COc1c(NCCCN(C)C(C)C)nc[nH]c1=O. The van der Waals surface area contributed by atoms with E-state index in [1.54, 1.807) is 0 Å². The van der Waals surface area contributed by atoms with E-state index in [0.29, 0.717) is 11.9 Å². The summed E-state index contributed by atoms with van der Waals surface area (Å²) in [4.78, 5) is 20.2. The van der Waals surface area contributed by atoms with E-state index in [0.717, 1.165) is 19.5 Å². The third-order valence-electron chi connectivity index (χ3n) is 2.88. The van der Waals surface area contributed by atoms with E-state index in [9.17, 15) is 4.79 Å². The van der Waals surface area contributed by atoms with Crippen molar-refractivity contribution < 1.29 is 4.74 Å². The standard InChI is InChI=1S/C12H22N4O2/c1-9(2)16(3)7-5-6-13-11-10(18-4)12(17)15-8-14-11/h8-9H,5-7H2,1-4H3,(H2,13,14,15,17). The van der Waals surface area contributed by atoms with Crippen LogP contribution in [0.15, 0.2) is 11.1 Å². The monoisotopic (exact) mass is 254 g/mol. The molecule has 6 nitrogen and oxygen atoms in total. The van der Waals surface area contributed by atoms with Crippen molar-refractivity contribution in [1.82, 2.24) is 14.9 Å². The summed E-state index contributed by atoms with van der Waals surface area (Å²) in [5.41, 5.74) is -0.269. The van der Waals surface area contributed by atoms with Crippen LogP contribution in [0, 0.1) is 0 Å². The number of methoxy groups -OCH3 is 1. The molecule has 0 spiro atoms. The van der Waals surface area contributed by atoms with Crippen LogP contribution >= 0.6 is 0 Å². The Kier molecular flexibility index (Phi) is 5.64. The van der Waals surface area contributed by atoms with Crippen molar-refractivity contribution in [3.8, 4) is 5.75 Å². The Labute approximate surface area is 107 Å². The Morgan fingerprint density at radius 3 is 2.89 bits per heavy atom. The minimum Gasteiger partial charge on any atom is -0.489 e. The molecular formula is C12H22N4O2. The van der Waals surface area contributed by atoms with Gasteiger partial charge in [-0.15, -0.1) is 0 Å². The lowest BCUT2D eigenvalue weighted by Crippen LogP contribution is -2.28. The van der Waals surface area contributed by atoms with E-state index in [4.69, 9.17) is 4.74 Å². The topological polar surface area (TPSA) is 70.2 Å². The van der Waals surface area contributed by atoms with Gasteiger partial charge in [0.1, 0.15) is 0 Å². The predicted molar refractivity (Wildman–Crippen MR) is 72.3 cm³/mol. The van der Waals surface area contributed by atoms with Crippen molar-refractivity contribution in [3.63, 3.8) is 0 Å². The molecule has 1 aromatic heterocycles. The summed E-state index contributed by atoms with van der Waals surface area (Å²) in [5.74, 6) is 0.725. The Hall–Kier alpha value is -1.56. The van der Waals surface area contributed by atoms with Gasteiger partial charge in [0.15, 0.2) is 5.82 Å². The molecule has 0 fully saturated rings. The van der Waals surface area contributed by atoms with E-state index >= 15 is 0 Å². The van der Waals surface area contributed by atoms with E-state index in [1.807, 2.05) is 0 Å². The van der Waals surface area contributed by atoms with Gasteiger partial charge in [-0.25, -0.2) is 4.98 Å². The molecular weight excluding hydrogens is 232 g/mol. The van der Waals surface area contributed by atoms with Gasteiger partial charge in [-0.2, -0.15) is 0 Å². The maximum atomic E-state index is 11.4. The smallest absolute Gasteiger partial charge is 0.295 e. The Balaban J connectivity index is 2.45. The van der Waals surface area contributed by atoms with Gasteiger partial charge in [-0.05, 0) is 33.9 Å². The number of aromatic amines is 1. The number of aromatic nitrogens is 2. The van der Waals surface area contributed by atoms with E-state index in [1.165, 1.54) is 13.4 Å². The van der Waals surface area contributed by atoms with E-state index in [-0.39, 0.29) is 11.3 Å². The molecule has 0 aliphatic rings. The first-order chi connectivity index (χ1) is 8.56. The minimum atomic E-state index is -0.269. The number of H-pyrrole nitrogens is 1. The lowest BCUT2D eigenvalue weighted by molar-refractivity contribution is 0.273. The Morgan fingerprint density at radius 1 is 1.56 bits per heavy atom. The molecule has 0 saturated carbocycles. The molecule has 6 heteroatoms. The molecule has 0 aliphatic heterocycles.